The van der Waals surface area contributed by atoms with Crippen LogP contribution in [0.4, 0.5) is 4.39 Å². The standard InChI is InChI=1S/C21H24FN3O2S/c1-16(2)25(28(26,27)20-9-7-17(3)8-10-20)15-21-23-11-12-24(21)14-18-5-4-6-19(22)13-18/h4-13,16H,14-15H2,1-3H3. The number of imidazole rings is 1. The highest BCUT2D eigenvalue weighted by Crippen LogP contribution is 2.21. The van der Waals surface area contributed by atoms with Crippen LogP contribution in [0.15, 0.2) is 65.8 Å². The topological polar surface area (TPSA) is 55.2 Å². The molecule has 2 aromatic carbocycles. The van der Waals surface area contributed by atoms with E-state index in [1.807, 2.05) is 31.4 Å². The molecule has 0 bridgehead atoms. The molecular formula is C21H24FN3O2S. The maximum Gasteiger partial charge on any atom is 0.243 e. The Bertz CT molecular complexity index is 1040. The third kappa shape index (κ3) is 4.48. The van der Waals surface area contributed by atoms with E-state index in [0.29, 0.717) is 12.4 Å². The molecule has 0 aliphatic heterocycles. The van der Waals surface area contributed by atoms with Gasteiger partial charge in [-0.05, 0) is 50.6 Å². The van der Waals surface area contributed by atoms with Crippen LogP contribution in [0, 0.1) is 12.7 Å². The minimum absolute atomic E-state index is 0.135. The van der Waals surface area contributed by atoms with E-state index >= 15 is 0 Å². The summed E-state index contributed by atoms with van der Waals surface area (Å²) in [5.74, 6) is 0.304. The van der Waals surface area contributed by atoms with E-state index in [2.05, 4.69) is 4.98 Å². The number of benzene rings is 2. The van der Waals surface area contributed by atoms with E-state index < -0.39 is 10.0 Å². The van der Waals surface area contributed by atoms with Gasteiger partial charge in [-0.1, -0.05) is 29.8 Å². The first-order valence-electron chi connectivity index (χ1n) is 9.10. The molecule has 28 heavy (non-hydrogen) atoms. The number of rotatable bonds is 7. The molecule has 3 rings (SSSR count). The van der Waals surface area contributed by atoms with Crippen LogP contribution in [0.25, 0.3) is 0 Å². The lowest BCUT2D eigenvalue weighted by Gasteiger charge is -2.26. The zero-order valence-corrected chi connectivity index (χ0v) is 17.0. The van der Waals surface area contributed by atoms with Gasteiger partial charge in [0.2, 0.25) is 10.0 Å². The van der Waals surface area contributed by atoms with E-state index in [1.165, 1.54) is 16.4 Å². The summed E-state index contributed by atoms with van der Waals surface area (Å²) in [6, 6.07) is 12.9. The van der Waals surface area contributed by atoms with Crippen molar-refractivity contribution in [3.63, 3.8) is 0 Å². The van der Waals surface area contributed by atoms with Crippen molar-refractivity contribution >= 4 is 10.0 Å². The molecule has 0 radical (unpaired) electrons. The third-order valence-corrected chi connectivity index (χ3v) is 6.58. The molecule has 0 saturated carbocycles. The lowest BCUT2D eigenvalue weighted by Crippen LogP contribution is -2.37. The van der Waals surface area contributed by atoms with Crippen molar-refractivity contribution in [3.8, 4) is 0 Å². The molecule has 148 valence electrons. The van der Waals surface area contributed by atoms with E-state index in [1.54, 1.807) is 42.7 Å². The van der Waals surface area contributed by atoms with Crippen LogP contribution < -0.4 is 0 Å². The molecule has 5 nitrogen and oxygen atoms in total. The number of nitrogens with zero attached hydrogens (tertiary/aromatic N) is 3. The Morgan fingerprint density at radius 2 is 1.86 bits per heavy atom. The summed E-state index contributed by atoms with van der Waals surface area (Å²) in [4.78, 5) is 4.60. The molecule has 0 N–H and O–H groups in total. The van der Waals surface area contributed by atoms with Gasteiger partial charge in [-0.2, -0.15) is 4.31 Å². The minimum Gasteiger partial charge on any atom is -0.329 e. The Hall–Kier alpha value is -2.51. The fourth-order valence-corrected chi connectivity index (χ4v) is 4.59. The number of sulfonamides is 1. The van der Waals surface area contributed by atoms with Crippen molar-refractivity contribution in [2.45, 2.75) is 44.8 Å². The third-order valence-electron chi connectivity index (χ3n) is 4.54. The summed E-state index contributed by atoms with van der Waals surface area (Å²) in [6.45, 7) is 6.15. The zero-order valence-electron chi connectivity index (χ0n) is 16.2. The first-order valence-corrected chi connectivity index (χ1v) is 10.5. The monoisotopic (exact) mass is 401 g/mol. The SMILES string of the molecule is Cc1ccc(S(=O)(=O)N(Cc2nccn2Cc2cccc(F)c2)C(C)C)cc1. The Labute approximate surface area is 165 Å². The van der Waals surface area contributed by atoms with E-state index in [0.717, 1.165) is 11.1 Å². The molecule has 0 spiro atoms. The van der Waals surface area contributed by atoms with Crippen LogP contribution in [0.2, 0.25) is 0 Å². The quantitative estimate of drug-likeness (QED) is 0.602. The second kappa shape index (κ2) is 8.24. The average Bonchev–Trinajstić information content (AvgIpc) is 3.06. The Kier molecular flexibility index (Phi) is 5.96. The summed E-state index contributed by atoms with van der Waals surface area (Å²) in [7, 11) is -3.67. The normalized spacial score (nSPS) is 12.1. The van der Waals surface area contributed by atoms with Crippen LogP contribution >= 0.6 is 0 Å². The fraction of sp³-hybridized carbons (Fsp3) is 0.286. The highest BCUT2D eigenvalue weighted by atomic mass is 32.2. The molecule has 0 aliphatic carbocycles. The smallest absolute Gasteiger partial charge is 0.243 e. The number of hydrogen-bond donors (Lipinski definition) is 0. The van der Waals surface area contributed by atoms with Gasteiger partial charge >= 0.3 is 0 Å². The minimum atomic E-state index is -3.67. The lowest BCUT2D eigenvalue weighted by atomic mass is 10.2. The predicted octanol–water partition coefficient (Wildman–Crippen LogP) is 3.98. The summed E-state index contributed by atoms with van der Waals surface area (Å²) in [5.41, 5.74) is 1.79. The first kappa shape index (κ1) is 20.2. The molecule has 0 aliphatic rings. The van der Waals surface area contributed by atoms with Crippen molar-refractivity contribution in [1.82, 2.24) is 13.9 Å². The average molecular weight is 402 g/mol. The summed E-state index contributed by atoms with van der Waals surface area (Å²) >= 11 is 0. The van der Waals surface area contributed by atoms with Gasteiger partial charge in [-0.15, -0.1) is 0 Å². The van der Waals surface area contributed by atoms with Crippen molar-refractivity contribution in [2.75, 3.05) is 0 Å². The van der Waals surface area contributed by atoms with Gasteiger partial charge in [0, 0.05) is 25.0 Å². The largest absolute Gasteiger partial charge is 0.329 e. The summed E-state index contributed by atoms with van der Waals surface area (Å²) < 4.78 is 43.1. The van der Waals surface area contributed by atoms with Gasteiger partial charge in [0.1, 0.15) is 11.6 Å². The van der Waals surface area contributed by atoms with Gasteiger partial charge < -0.3 is 4.57 Å². The number of aryl methyl sites for hydroxylation is 1. The van der Waals surface area contributed by atoms with Crippen molar-refractivity contribution < 1.29 is 12.8 Å². The van der Waals surface area contributed by atoms with Crippen LogP contribution in [0.3, 0.4) is 0 Å². The van der Waals surface area contributed by atoms with Crippen molar-refractivity contribution in [1.29, 1.82) is 0 Å². The van der Waals surface area contributed by atoms with Gasteiger partial charge in [0.05, 0.1) is 11.4 Å². The molecular weight excluding hydrogens is 377 g/mol. The molecule has 1 aromatic heterocycles. The summed E-state index contributed by atoms with van der Waals surface area (Å²) in [6.07, 6.45) is 3.41. The Balaban J connectivity index is 1.88. The molecule has 0 atom stereocenters. The fourth-order valence-electron chi connectivity index (χ4n) is 3.00. The Morgan fingerprint density at radius 1 is 1.14 bits per heavy atom. The lowest BCUT2D eigenvalue weighted by molar-refractivity contribution is 0.336. The predicted molar refractivity (Wildman–Crippen MR) is 107 cm³/mol. The highest BCUT2D eigenvalue weighted by molar-refractivity contribution is 7.89. The van der Waals surface area contributed by atoms with Gasteiger partial charge in [-0.3, -0.25) is 0 Å². The number of aromatic nitrogens is 2. The van der Waals surface area contributed by atoms with Gasteiger partial charge in [0.25, 0.3) is 0 Å². The van der Waals surface area contributed by atoms with Gasteiger partial charge in [-0.25, -0.2) is 17.8 Å². The Morgan fingerprint density at radius 3 is 2.50 bits per heavy atom. The van der Waals surface area contributed by atoms with E-state index in [-0.39, 0.29) is 23.3 Å². The summed E-state index contributed by atoms with van der Waals surface area (Å²) in [5, 5.41) is 0. The molecule has 1 heterocycles. The molecule has 0 saturated heterocycles. The van der Waals surface area contributed by atoms with E-state index in [9.17, 15) is 12.8 Å². The number of hydrogen-bond acceptors (Lipinski definition) is 3. The van der Waals surface area contributed by atoms with Crippen LogP contribution in [0.5, 0.6) is 0 Å². The van der Waals surface area contributed by atoms with Crippen LogP contribution in [-0.2, 0) is 23.1 Å². The number of halogens is 1. The second-order valence-electron chi connectivity index (χ2n) is 7.06. The second-order valence-corrected chi connectivity index (χ2v) is 8.95. The van der Waals surface area contributed by atoms with Gasteiger partial charge in [0.15, 0.2) is 0 Å². The zero-order chi connectivity index (χ0) is 20.3. The van der Waals surface area contributed by atoms with Crippen LogP contribution in [-0.4, -0.2) is 28.3 Å². The molecule has 0 unspecified atom stereocenters. The molecule has 7 heteroatoms. The molecule has 3 aromatic rings. The maximum absolute atomic E-state index is 13.5. The molecule has 0 fully saturated rings. The van der Waals surface area contributed by atoms with Crippen LogP contribution in [0.1, 0.15) is 30.8 Å². The van der Waals surface area contributed by atoms with Crippen molar-refractivity contribution in [3.05, 3.63) is 83.7 Å². The maximum atomic E-state index is 13.5. The van der Waals surface area contributed by atoms with Crippen molar-refractivity contribution in [2.24, 2.45) is 0 Å². The molecule has 0 amide bonds. The highest BCUT2D eigenvalue weighted by Gasteiger charge is 2.28. The van der Waals surface area contributed by atoms with E-state index in [4.69, 9.17) is 0 Å². The first-order chi connectivity index (χ1) is 13.3.